The van der Waals surface area contributed by atoms with Gasteiger partial charge in [0.25, 0.3) is 0 Å². The molecule has 0 radical (unpaired) electrons. The van der Waals surface area contributed by atoms with Crippen LogP contribution in [0.1, 0.15) is 34.8 Å². The number of halogens is 3. The molecule has 5 nitrogen and oxygen atoms in total. The van der Waals surface area contributed by atoms with Gasteiger partial charge in [0, 0.05) is 40.6 Å². The number of rotatable bonds is 6. The summed E-state index contributed by atoms with van der Waals surface area (Å²) in [5.74, 6) is -2.24. The zero-order valence-corrected chi connectivity index (χ0v) is 17.9. The number of likely N-dealkylation sites (tertiary alicyclic amines) is 1. The topological polar surface area (TPSA) is 50.3 Å². The molecule has 8 heteroatoms. The molecule has 0 bridgehead atoms. The van der Waals surface area contributed by atoms with Crippen LogP contribution in [0.5, 0.6) is 0 Å². The molecule has 3 aliphatic rings. The van der Waals surface area contributed by atoms with E-state index in [0.29, 0.717) is 31.0 Å². The first kappa shape index (κ1) is 19.3. The minimum atomic E-state index is -1.28. The maximum absolute atomic E-state index is 14.0. The third kappa shape index (κ3) is 4.62. The van der Waals surface area contributed by atoms with Gasteiger partial charge in [0.2, 0.25) is 0 Å². The molecule has 1 aromatic carbocycles. The molecule has 2 aromatic rings. The number of piperidine rings is 1. The minimum absolute atomic E-state index is 0.0332. The highest BCUT2D eigenvalue weighted by molar-refractivity contribution is 5.60. The van der Waals surface area contributed by atoms with Gasteiger partial charge >= 0.3 is 0 Å². The summed E-state index contributed by atoms with van der Waals surface area (Å²) in [6.45, 7) is 2.27. The minimum Gasteiger partial charge on any atom is -0.381 e. The fourth-order valence-electron chi connectivity index (χ4n) is 5.04. The Morgan fingerprint density at radius 1 is 1.12 bits per heavy atom. The van der Waals surface area contributed by atoms with Crippen LogP contribution in [-0.4, -0.2) is 54.4 Å². The van der Waals surface area contributed by atoms with Crippen molar-refractivity contribution in [3.63, 3.8) is 0 Å². The largest absolute Gasteiger partial charge is 0.381 e. The molecule has 0 amide bonds. The van der Waals surface area contributed by atoms with Crippen molar-refractivity contribution in [2.24, 2.45) is 17.3 Å². The molecular formula is C24H29F3N4O. The molecule has 0 unspecified atom stereocenters. The van der Waals surface area contributed by atoms with E-state index in [1.54, 1.807) is 6.07 Å². The highest BCUT2D eigenvalue weighted by Gasteiger charge is 2.54. The Kier molecular flexibility index (Phi) is 5.42. The van der Waals surface area contributed by atoms with Gasteiger partial charge < -0.3 is 15.0 Å². The van der Waals surface area contributed by atoms with Crippen LogP contribution in [0.25, 0.3) is 11.3 Å². The Labute approximate surface area is 189 Å². The molecule has 1 atom stereocenters. The van der Waals surface area contributed by atoms with Crippen molar-refractivity contribution in [3.05, 3.63) is 41.7 Å². The van der Waals surface area contributed by atoms with Crippen molar-refractivity contribution >= 4 is 5.82 Å². The summed E-state index contributed by atoms with van der Waals surface area (Å²) in [7, 11) is 0. The fourth-order valence-corrected chi connectivity index (χ4v) is 5.04. The van der Waals surface area contributed by atoms with Gasteiger partial charge in [0.1, 0.15) is 11.6 Å². The van der Waals surface area contributed by atoms with Crippen LogP contribution in [0, 0.1) is 34.7 Å². The number of hydrogen-bond acceptors (Lipinski definition) is 5. The van der Waals surface area contributed by atoms with E-state index in [1.807, 2.05) is 4.90 Å². The third-order valence-corrected chi connectivity index (χ3v) is 7.17. The standard InChI is InChI=1S/C24H29F3N4O/c25-18-11-19(23(27)20(26)12-18)21-1-2-22(30-29-21)28-14-17-13-24(17)5-7-31(8-6-24)15-16-3-9-32-10-4-16/h1-2,11-12,16-17H,3-10,13-15H2,(H,28,30)/t17-/m0/s1/i15D2. The van der Waals surface area contributed by atoms with E-state index in [1.165, 1.54) is 6.07 Å². The lowest BCUT2D eigenvalue weighted by Crippen LogP contribution is -2.39. The van der Waals surface area contributed by atoms with Gasteiger partial charge in [-0.3, -0.25) is 0 Å². The molecule has 1 aliphatic carbocycles. The first-order valence-electron chi connectivity index (χ1n) is 12.3. The maximum Gasteiger partial charge on any atom is 0.168 e. The SMILES string of the molecule is [2H]C([2H])(C1CCOCC1)N1CCC2(CC1)C[C@H]2CNc1ccc(-c2cc(F)cc(F)c2F)nn1. The highest BCUT2D eigenvalue weighted by Crippen LogP contribution is 2.59. The Bertz CT molecular complexity index is 1030. The van der Waals surface area contributed by atoms with Crippen LogP contribution in [0.3, 0.4) is 0 Å². The monoisotopic (exact) mass is 448 g/mol. The first-order valence-corrected chi connectivity index (χ1v) is 11.3. The van der Waals surface area contributed by atoms with E-state index in [9.17, 15) is 13.2 Å². The van der Waals surface area contributed by atoms with Gasteiger partial charge in [-0.1, -0.05) is 0 Å². The molecule has 2 aliphatic heterocycles. The zero-order valence-electron chi connectivity index (χ0n) is 19.9. The summed E-state index contributed by atoms with van der Waals surface area (Å²) in [6.07, 6.45) is 4.63. The fraction of sp³-hybridized carbons (Fsp3) is 0.583. The molecule has 1 aromatic heterocycles. The molecule has 1 spiro atoms. The highest BCUT2D eigenvalue weighted by atomic mass is 19.2. The van der Waals surface area contributed by atoms with E-state index in [-0.39, 0.29) is 22.6 Å². The van der Waals surface area contributed by atoms with Gasteiger partial charge in [-0.2, -0.15) is 0 Å². The predicted molar refractivity (Wildman–Crippen MR) is 116 cm³/mol. The number of nitrogens with zero attached hydrogens (tertiary/aromatic N) is 3. The number of hydrogen-bond donors (Lipinski definition) is 1. The van der Waals surface area contributed by atoms with Gasteiger partial charge in [-0.05, 0) is 80.6 Å². The van der Waals surface area contributed by atoms with E-state index >= 15 is 0 Å². The molecule has 5 rings (SSSR count). The number of ether oxygens (including phenoxy) is 1. The Morgan fingerprint density at radius 3 is 2.62 bits per heavy atom. The van der Waals surface area contributed by atoms with Crippen molar-refractivity contribution in [2.75, 3.05) is 44.7 Å². The maximum atomic E-state index is 14.0. The van der Waals surface area contributed by atoms with Crippen molar-refractivity contribution in [2.45, 2.75) is 32.1 Å². The molecule has 1 N–H and O–H groups in total. The van der Waals surface area contributed by atoms with E-state index < -0.39 is 23.9 Å². The van der Waals surface area contributed by atoms with Crippen LogP contribution >= 0.6 is 0 Å². The van der Waals surface area contributed by atoms with Crippen molar-refractivity contribution < 1.29 is 20.6 Å². The van der Waals surface area contributed by atoms with Crippen molar-refractivity contribution in [1.82, 2.24) is 15.1 Å². The van der Waals surface area contributed by atoms with Gasteiger partial charge in [0.15, 0.2) is 11.6 Å². The molecule has 172 valence electrons. The van der Waals surface area contributed by atoms with Crippen LogP contribution in [0.15, 0.2) is 24.3 Å². The average molecular weight is 449 g/mol. The van der Waals surface area contributed by atoms with Crippen LogP contribution in [0.2, 0.25) is 0 Å². The second-order valence-electron chi connectivity index (χ2n) is 9.20. The zero-order chi connectivity index (χ0) is 23.9. The Morgan fingerprint density at radius 2 is 1.91 bits per heavy atom. The summed E-state index contributed by atoms with van der Waals surface area (Å²) in [4.78, 5) is 2.02. The molecule has 1 saturated carbocycles. The summed E-state index contributed by atoms with van der Waals surface area (Å²) in [5.41, 5.74) is 0.0609. The molecule has 3 heterocycles. The van der Waals surface area contributed by atoms with E-state index in [4.69, 9.17) is 7.48 Å². The third-order valence-electron chi connectivity index (χ3n) is 7.17. The van der Waals surface area contributed by atoms with Crippen molar-refractivity contribution in [3.8, 4) is 11.3 Å². The van der Waals surface area contributed by atoms with Crippen molar-refractivity contribution in [1.29, 1.82) is 0 Å². The smallest absolute Gasteiger partial charge is 0.168 e. The van der Waals surface area contributed by atoms with E-state index in [2.05, 4.69) is 15.5 Å². The van der Waals surface area contributed by atoms with E-state index in [0.717, 1.165) is 57.8 Å². The molecule has 32 heavy (non-hydrogen) atoms. The summed E-state index contributed by atoms with van der Waals surface area (Å²) in [5, 5.41) is 11.2. The summed E-state index contributed by atoms with van der Waals surface area (Å²) < 4.78 is 63.6. The molecule has 3 fully saturated rings. The Hall–Kier alpha value is -2.19. The summed E-state index contributed by atoms with van der Waals surface area (Å²) >= 11 is 0. The van der Waals surface area contributed by atoms with Crippen LogP contribution in [0.4, 0.5) is 19.0 Å². The second kappa shape index (κ2) is 8.98. The normalized spacial score (nSPS) is 24.8. The van der Waals surface area contributed by atoms with Gasteiger partial charge in [0.05, 0.1) is 5.69 Å². The van der Waals surface area contributed by atoms with Crippen LogP contribution in [-0.2, 0) is 4.74 Å². The van der Waals surface area contributed by atoms with Gasteiger partial charge in [-0.25, -0.2) is 13.2 Å². The number of nitrogens with one attached hydrogen (secondary N) is 1. The summed E-state index contributed by atoms with van der Waals surface area (Å²) in [6, 6.07) is 4.52. The Balaban J connectivity index is 1.13. The number of benzene rings is 1. The predicted octanol–water partition coefficient (Wildman–Crippen LogP) is 4.50. The number of aromatic nitrogens is 2. The number of anilines is 1. The average Bonchev–Trinajstić information content (AvgIpc) is 3.52. The molecule has 2 saturated heterocycles. The quantitative estimate of drug-likeness (QED) is 0.660. The molecular weight excluding hydrogens is 417 g/mol. The lowest BCUT2D eigenvalue weighted by atomic mass is 9.89. The first-order chi connectivity index (χ1) is 16.3. The lowest BCUT2D eigenvalue weighted by molar-refractivity contribution is 0.0449. The second-order valence-corrected chi connectivity index (χ2v) is 9.20. The lowest BCUT2D eigenvalue weighted by Gasteiger charge is -2.36. The van der Waals surface area contributed by atoms with Crippen LogP contribution < -0.4 is 5.32 Å². The van der Waals surface area contributed by atoms with Gasteiger partial charge in [-0.15, -0.1) is 10.2 Å².